The molecule has 1 nitrogen and oxygen atoms in total. The fourth-order valence-electron chi connectivity index (χ4n) is 2.29. The van der Waals surface area contributed by atoms with Crippen molar-refractivity contribution >= 4 is 15.9 Å². The standard InChI is InChI=1S/C17H18BrF2N/c1-10-4-5-13(8-17(10)20)11(2)21-12(3)15-9-14(18)6-7-16(15)19/h4-9,11-12,21H,1-3H3. The summed E-state index contributed by atoms with van der Waals surface area (Å²) < 4.78 is 28.3. The lowest BCUT2D eigenvalue weighted by Crippen LogP contribution is -2.23. The summed E-state index contributed by atoms with van der Waals surface area (Å²) in [5.74, 6) is -0.470. The number of halogens is 3. The summed E-state index contributed by atoms with van der Waals surface area (Å²) in [6.45, 7) is 5.57. The van der Waals surface area contributed by atoms with Crippen molar-refractivity contribution in [2.75, 3.05) is 0 Å². The molecule has 21 heavy (non-hydrogen) atoms. The van der Waals surface area contributed by atoms with E-state index in [1.807, 2.05) is 19.9 Å². The zero-order valence-electron chi connectivity index (χ0n) is 12.3. The van der Waals surface area contributed by atoms with Crippen molar-refractivity contribution in [3.63, 3.8) is 0 Å². The molecule has 0 aliphatic carbocycles. The molecule has 0 fully saturated rings. The monoisotopic (exact) mass is 353 g/mol. The molecule has 2 rings (SSSR count). The summed E-state index contributed by atoms with van der Waals surface area (Å²) in [7, 11) is 0. The van der Waals surface area contributed by atoms with Gasteiger partial charge in [-0.2, -0.15) is 0 Å². The Balaban J connectivity index is 2.16. The predicted molar refractivity (Wildman–Crippen MR) is 85.2 cm³/mol. The van der Waals surface area contributed by atoms with Gasteiger partial charge in [-0.1, -0.05) is 28.1 Å². The Hall–Kier alpha value is -1.26. The normalized spacial score (nSPS) is 14.0. The van der Waals surface area contributed by atoms with Crippen LogP contribution in [0.25, 0.3) is 0 Å². The van der Waals surface area contributed by atoms with Crippen LogP contribution in [0, 0.1) is 18.6 Å². The number of rotatable bonds is 4. The first kappa shape index (κ1) is 16.1. The minimum Gasteiger partial charge on any atom is -0.304 e. The molecule has 0 aliphatic rings. The lowest BCUT2D eigenvalue weighted by atomic mass is 10.0. The molecule has 0 spiro atoms. The molecule has 2 aromatic rings. The van der Waals surface area contributed by atoms with E-state index in [-0.39, 0.29) is 23.7 Å². The highest BCUT2D eigenvalue weighted by Crippen LogP contribution is 2.25. The van der Waals surface area contributed by atoms with E-state index in [9.17, 15) is 8.78 Å². The van der Waals surface area contributed by atoms with Crippen molar-refractivity contribution in [3.05, 3.63) is 69.2 Å². The van der Waals surface area contributed by atoms with Gasteiger partial charge < -0.3 is 5.32 Å². The van der Waals surface area contributed by atoms with E-state index in [2.05, 4.69) is 21.2 Å². The second-order valence-corrected chi connectivity index (χ2v) is 6.20. The highest BCUT2D eigenvalue weighted by molar-refractivity contribution is 9.10. The molecule has 0 saturated heterocycles. The van der Waals surface area contributed by atoms with Crippen LogP contribution in [0.1, 0.15) is 42.6 Å². The first-order valence-corrected chi connectivity index (χ1v) is 7.65. The maximum absolute atomic E-state index is 13.9. The van der Waals surface area contributed by atoms with Crippen LogP contribution < -0.4 is 5.32 Å². The lowest BCUT2D eigenvalue weighted by molar-refractivity contribution is 0.471. The Morgan fingerprint density at radius 1 is 0.952 bits per heavy atom. The van der Waals surface area contributed by atoms with Crippen molar-refractivity contribution in [2.45, 2.75) is 32.9 Å². The van der Waals surface area contributed by atoms with E-state index < -0.39 is 0 Å². The maximum atomic E-state index is 13.9. The summed E-state index contributed by atoms with van der Waals surface area (Å²) >= 11 is 3.35. The van der Waals surface area contributed by atoms with Crippen LogP contribution in [0.15, 0.2) is 40.9 Å². The number of hydrogen-bond donors (Lipinski definition) is 1. The molecule has 0 bridgehead atoms. The predicted octanol–water partition coefficient (Wildman–Crippen LogP) is 5.45. The topological polar surface area (TPSA) is 12.0 Å². The van der Waals surface area contributed by atoms with Gasteiger partial charge in [0.1, 0.15) is 11.6 Å². The van der Waals surface area contributed by atoms with Crippen LogP contribution in [-0.4, -0.2) is 0 Å². The van der Waals surface area contributed by atoms with Crippen LogP contribution in [0.5, 0.6) is 0 Å². The third-order valence-electron chi connectivity index (χ3n) is 3.62. The fourth-order valence-corrected chi connectivity index (χ4v) is 2.66. The van der Waals surface area contributed by atoms with Crippen LogP contribution in [-0.2, 0) is 0 Å². The van der Waals surface area contributed by atoms with E-state index in [0.29, 0.717) is 11.1 Å². The zero-order valence-corrected chi connectivity index (χ0v) is 13.8. The highest BCUT2D eigenvalue weighted by atomic mass is 79.9. The molecule has 0 aliphatic heterocycles. The summed E-state index contributed by atoms with van der Waals surface area (Å²) in [4.78, 5) is 0. The zero-order chi connectivity index (χ0) is 15.6. The molecular formula is C17H18BrF2N. The first-order chi connectivity index (χ1) is 9.88. The molecule has 0 heterocycles. The minimum atomic E-state index is -0.250. The number of hydrogen-bond acceptors (Lipinski definition) is 1. The summed E-state index contributed by atoms with van der Waals surface area (Å²) in [5, 5.41) is 3.30. The SMILES string of the molecule is Cc1ccc(C(C)NC(C)c2cc(Br)ccc2F)cc1F. The van der Waals surface area contributed by atoms with Gasteiger partial charge in [-0.3, -0.25) is 0 Å². The first-order valence-electron chi connectivity index (χ1n) is 6.85. The molecule has 112 valence electrons. The minimum absolute atomic E-state index is 0.0755. The average molecular weight is 354 g/mol. The van der Waals surface area contributed by atoms with Crippen LogP contribution in [0.4, 0.5) is 8.78 Å². The second kappa shape index (κ2) is 6.67. The molecule has 4 heteroatoms. The van der Waals surface area contributed by atoms with Crippen molar-refractivity contribution in [3.8, 4) is 0 Å². The third-order valence-corrected chi connectivity index (χ3v) is 4.11. The van der Waals surface area contributed by atoms with Gasteiger partial charge in [0.05, 0.1) is 0 Å². The van der Waals surface area contributed by atoms with Gasteiger partial charge in [0.25, 0.3) is 0 Å². The Morgan fingerprint density at radius 3 is 2.33 bits per heavy atom. The van der Waals surface area contributed by atoms with E-state index in [1.54, 1.807) is 25.1 Å². The number of aryl methyl sites for hydroxylation is 1. The Morgan fingerprint density at radius 2 is 1.67 bits per heavy atom. The summed E-state index contributed by atoms with van der Waals surface area (Å²) in [6, 6.07) is 9.79. The number of benzene rings is 2. The van der Waals surface area contributed by atoms with E-state index in [4.69, 9.17) is 0 Å². The van der Waals surface area contributed by atoms with E-state index in [1.165, 1.54) is 12.1 Å². The van der Waals surface area contributed by atoms with Gasteiger partial charge in [0.15, 0.2) is 0 Å². The fraction of sp³-hybridized carbons (Fsp3) is 0.294. The van der Waals surface area contributed by atoms with E-state index >= 15 is 0 Å². The molecule has 2 unspecified atom stereocenters. The maximum Gasteiger partial charge on any atom is 0.128 e. The van der Waals surface area contributed by atoms with Gasteiger partial charge >= 0.3 is 0 Å². The van der Waals surface area contributed by atoms with Crippen molar-refractivity contribution in [1.29, 1.82) is 0 Å². The summed E-state index contributed by atoms with van der Waals surface area (Å²) in [6.07, 6.45) is 0. The van der Waals surface area contributed by atoms with Crippen molar-refractivity contribution < 1.29 is 8.78 Å². The van der Waals surface area contributed by atoms with Gasteiger partial charge in [-0.15, -0.1) is 0 Å². The molecule has 0 radical (unpaired) electrons. The molecule has 0 amide bonds. The van der Waals surface area contributed by atoms with Gasteiger partial charge in [-0.25, -0.2) is 8.78 Å². The number of nitrogens with one attached hydrogen (secondary N) is 1. The third kappa shape index (κ3) is 3.89. The summed E-state index contributed by atoms with van der Waals surface area (Å²) in [5.41, 5.74) is 2.06. The van der Waals surface area contributed by atoms with Crippen molar-refractivity contribution in [2.24, 2.45) is 0 Å². The Labute approximate surface area is 132 Å². The molecule has 2 atom stereocenters. The molecule has 1 N–H and O–H groups in total. The quantitative estimate of drug-likeness (QED) is 0.770. The largest absolute Gasteiger partial charge is 0.304 e. The molecule has 0 aromatic heterocycles. The van der Waals surface area contributed by atoms with Crippen LogP contribution >= 0.6 is 15.9 Å². The van der Waals surface area contributed by atoms with Gasteiger partial charge in [-0.05, 0) is 56.2 Å². The second-order valence-electron chi connectivity index (χ2n) is 5.28. The molecule has 2 aromatic carbocycles. The Bertz CT molecular complexity index is 643. The van der Waals surface area contributed by atoms with Crippen LogP contribution in [0.3, 0.4) is 0 Å². The molecule has 0 saturated carbocycles. The lowest BCUT2D eigenvalue weighted by Gasteiger charge is -2.21. The van der Waals surface area contributed by atoms with Gasteiger partial charge in [0.2, 0.25) is 0 Å². The van der Waals surface area contributed by atoms with E-state index in [0.717, 1.165) is 10.0 Å². The Kier molecular flexibility index (Phi) is 5.12. The average Bonchev–Trinajstić information content (AvgIpc) is 2.44. The highest BCUT2D eigenvalue weighted by Gasteiger charge is 2.15. The van der Waals surface area contributed by atoms with Gasteiger partial charge in [0, 0.05) is 22.1 Å². The van der Waals surface area contributed by atoms with Crippen molar-refractivity contribution in [1.82, 2.24) is 5.32 Å². The smallest absolute Gasteiger partial charge is 0.128 e. The van der Waals surface area contributed by atoms with Crippen LogP contribution in [0.2, 0.25) is 0 Å². The molecular weight excluding hydrogens is 336 g/mol.